The van der Waals surface area contributed by atoms with Crippen LogP contribution in [-0.2, 0) is 15.8 Å². The summed E-state index contributed by atoms with van der Waals surface area (Å²) in [5, 5.41) is 20.8. The Kier molecular flexibility index (Phi) is 11.6. The number of nitrogen functional groups attached to an aromatic ring is 1. The number of carbonyl (C=O) groups is 3. The number of allylic oxidation sites excluding steroid dienone is 6. The molecule has 3 aliphatic rings. The van der Waals surface area contributed by atoms with E-state index in [2.05, 4.69) is 16.0 Å². The Hall–Kier alpha value is -4.68. The molecule has 1 saturated heterocycles. The fourth-order valence-electron chi connectivity index (χ4n) is 6.81. The minimum atomic E-state index is -4.73. The zero-order chi connectivity index (χ0) is 35.9. The van der Waals surface area contributed by atoms with Crippen LogP contribution < -0.4 is 21.7 Å². The van der Waals surface area contributed by atoms with Crippen molar-refractivity contribution in [3.05, 3.63) is 107 Å². The zero-order valence-electron chi connectivity index (χ0n) is 28.0. The van der Waals surface area contributed by atoms with Crippen LogP contribution in [0.3, 0.4) is 0 Å². The maximum Gasteiger partial charge on any atom is 0.418 e. The SMILES string of the molecule is CNCCNC(=O)C1C=CC(C2C=C(CC(O)(C(=O)Nc3ccc(N)c(C(F)(F)F)c3)C3CCN(C(=O)c4ccccc4)CC3)C=CC2)=CC1. The summed E-state index contributed by atoms with van der Waals surface area (Å²) >= 11 is 0. The van der Waals surface area contributed by atoms with Crippen molar-refractivity contribution in [2.75, 3.05) is 44.3 Å². The molecule has 266 valence electrons. The van der Waals surface area contributed by atoms with Crippen molar-refractivity contribution in [2.45, 2.75) is 43.9 Å². The number of halogens is 3. The number of hydrogen-bond donors (Lipinski definition) is 5. The van der Waals surface area contributed by atoms with Gasteiger partial charge in [-0.2, -0.15) is 13.2 Å². The van der Waals surface area contributed by atoms with Gasteiger partial charge in [0.2, 0.25) is 5.91 Å². The maximum absolute atomic E-state index is 14.0. The van der Waals surface area contributed by atoms with E-state index in [1.165, 1.54) is 6.07 Å². The van der Waals surface area contributed by atoms with Crippen molar-refractivity contribution in [3.8, 4) is 0 Å². The van der Waals surface area contributed by atoms with E-state index in [0.29, 0.717) is 63.0 Å². The number of likely N-dealkylation sites (tertiary alicyclic amines) is 1. The number of hydrogen-bond acceptors (Lipinski definition) is 6. The molecule has 0 bridgehead atoms. The molecule has 0 aromatic heterocycles. The number of piperidine rings is 1. The van der Waals surface area contributed by atoms with Crippen LogP contribution in [0.1, 0.15) is 48.0 Å². The van der Waals surface area contributed by atoms with Crippen LogP contribution in [-0.4, -0.2) is 66.6 Å². The number of alkyl halides is 3. The first-order valence-corrected chi connectivity index (χ1v) is 16.9. The topological polar surface area (TPSA) is 137 Å². The van der Waals surface area contributed by atoms with Crippen LogP contribution in [0.2, 0.25) is 0 Å². The zero-order valence-corrected chi connectivity index (χ0v) is 28.0. The lowest BCUT2D eigenvalue weighted by Gasteiger charge is -2.41. The quantitative estimate of drug-likeness (QED) is 0.162. The number of benzene rings is 2. The monoisotopic (exact) mass is 691 g/mol. The molecule has 0 radical (unpaired) electrons. The van der Waals surface area contributed by atoms with Gasteiger partial charge in [0.1, 0.15) is 5.60 Å². The third-order valence-corrected chi connectivity index (χ3v) is 9.67. The van der Waals surface area contributed by atoms with Gasteiger partial charge in [0.15, 0.2) is 0 Å². The highest BCUT2D eigenvalue weighted by molar-refractivity contribution is 5.98. The molecular weight excluding hydrogens is 647 g/mol. The number of nitrogens with two attached hydrogens (primary N) is 1. The third-order valence-electron chi connectivity index (χ3n) is 9.67. The molecule has 2 aliphatic carbocycles. The summed E-state index contributed by atoms with van der Waals surface area (Å²) in [6, 6.07) is 12.0. The van der Waals surface area contributed by atoms with Crippen molar-refractivity contribution in [3.63, 3.8) is 0 Å². The van der Waals surface area contributed by atoms with Crippen molar-refractivity contribution in [1.82, 2.24) is 15.5 Å². The molecule has 1 aliphatic heterocycles. The lowest BCUT2D eigenvalue weighted by molar-refractivity contribution is -0.142. The Balaban J connectivity index is 1.35. The van der Waals surface area contributed by atoms with Gasteiger partial charge in [0.25, 0.3) is 11.8 Å². The van der Waals surface area contributed by atoms with Crippen molar-refractivity contribution in [2.24, 2.45) is 17.8 Å². The predicted molar refractivity (Wildman–Crippen MR) is 187 cm³/mol. The number of aliphatic hydroxyl groups is 1. The largest absolute Gasteiger partial charge is 0.418 e. The minimum absolute atomic E-state index is 0.0392. The number of amides is 3. The number of nitrogens with one attached hydrogen (secondary N) is 3. The van der Waals surface area contributed by atoms with E-state index in [1.807, 2.05) is 49.6 Å². The van der Waals surface area contributed by atoms with Gasteiger partial charge in [-0.15, -0.1) is 0 Å². The summed E-state index contributed by atoms with van der Waals surface area (Å²) < 4.78 is 40.9. The Morgan fingerprint density at radius 1 is 1.00 bits per heavy atom. The summed E-state index contributed by atoms with van der Waals surface area (Å²) in [5.41, 5.74) is 4.13. The first kappa shape index (κ1) is 36.6. The van der Waals surface area contributed by atoms with Gasteiger partial charge in [-0.1, -0.05) is 54.7 Å². The molecule has 6 N–H and O–H groups in total. The van der Waals surface area contributed by atoms with E-state index in [9.17, 15) is 32.7 Å². The second-order valence-corrected chi connectivity index (χ2v) is 13.1. The fourth-order valence-corrected chi connectivity index (χ4v) is 6.81. The van der Waals surface area contributed by atoms with E-state index >= 15 is 0 Å². The lowest BCUT2D eigenvalue weighted by Crippen LogP contribution is -2.53. The minimum Gasteiger partial charge on any atom is -0.398 e. The van der Waals surface area contributed by atoms with Gasteiger partial charge < -0.3 is 31.7 Å². The second-order valence-electron chi connectivity index (χ2n) is 13.1. The van der Waals surface area contributed by atoms with Crippen LogP contribution in [0.25, 0.3) is 0 Å². The maximum atomic E-state index is 14.0. The molecule has 3 amide bonds. The summed E-state index contributed by atoms with van der Waals surface area (Å²) in [6.07, 6.45) is 8.76. The molecule has 5 rings (SSSR count). The third kappa shape index (κ3) is 8.72. The van der Waals surface area contributed by atoms with Crippen molar-refractivity contribution < 1.29 is 32.7 Å². The molecule has 2 aromatic carbocycles. The van der Waals surface area contributed by atoms with Gasteiger partial charge in [-0.3, -0.25) is 14.4 Å². The van der Waals surface area contributed by atoms with Gasteiger partial charge in [0, 0.05) is 61.4 Å². The number of anilines is 2. The Bertz CT molecular complexity index is 1680. The van der Waals surface area contributed by atoms with Gasteiger partial charge >= 0.3 is 6.18 Å². The molecule has 3 unspecified atom stereocenters. The van der Waals surface area contributed by atoms with Crippen LogP contribution in [0.5, 0.6) is 0 Å². The normalized spacial score (nSPS) is 20.8. The average Bonchev–Trinajstić information content (AvgIpc) is 3.12. The summed E-state index contributed by atoms with van der Waals surface area (Å²) in [6.45, 7) is 1.81. The van der Waals surface area contributed by atoms with E-state index in [-0.39, 0.29) is 35.8 Å². The van der Waals surface area contributed by atoms with Gasteiger partial charge in [0.05, 0.1) is 11.5 Å². The number of nitrogens with zero attached hydrogens (tertiary/aromatic N) is 1. The number of likely N-dealkylation sites (N-methyl/N-ethyl adjacent to an activating group) is 1. The number of rotatable bonds is 11. The summed E-state index contributed by atoms with van der Waals surface area (Å²) in [7, 11) is 1.82. The average molecular weight is 692 g/mol. The molecule has 3 atom stereocenters. The van der Waals surface area contributed by atoms with Crippen molar-refractivity contribution in [1.29, 1.82) is 0 Å². The molecule has 0 saturated carbocycles. The summed E-state index contributed by atoms with van der Waals surface area (Å²) in [5.74, 6) is -1.93. The molecule has 12 heteroatoms. The molecule has 9 nitrogen and oxygen atoms in total. The molecular formula is C38H44F3N5O4. The van der Waals surface area contributed by atoms with E-state index in [0.717, 1.165) is 17.7 Å². The highest BCUT2D eigenvalue weighted by Crippen LogP contribution is 2.39. The molecule has 0 spiro atoms. The summed E-state index contributed by atoms with van der Waals surface area (Å²) in [4.78, 5) is 41.3. The van der Waals surface area contributed by atoms with Gasteiger partial charge in [-0.05, 0) is 74.2 Å². The Labute approximate surface area is 290 Å². The van der Waals surface area contributed by atoms with Crippen molar-refractivity contribution >= 4 is 29.1 Å². The first-order chi connectivity index (χ1) is 23.9. The Morgan fingerprint density at radius 3 is 2.40 bits per heavy atom. The van der Waals surface area contributed by atoms with Gasteiger partial charge in [-0.25, -0.2) is 0 Å². The second kappa shape index (κ2) is 15.9. The molecule has 2 aromatic rings. The van der Waals surface area contributed by atoms with Crippen LogP contribution in [0.4, 0.5) is 24.5 Å². The standard InChI is InChI=1S/C38H44F3N5O4/c1-43-18-19-44-34(47)27-12-10-26(11-13-27)29-9-5-6-25(22-29)24-37(50,36(49)45-31-14-15-33(42)32(23-31)38(39,40)41)30-16-20-46(21-17-30)35(48)28-7-3-2-4-8-28/h2-8,10-12,14-15,22-23,27,29-30,43,50H,9,13,16-21,24,42H2,1H3,(H,44,47)(H,45,49). The van der Waals surface area contributed by atoms with E-state index in [4.69, 9.17) is 5.73 Å². The molecule has 1 heterocycles. The number of carbonyl (C=O) groups excluding carboxylic acids is 3. The lowest BCUT2D eigenvalue weighted by atomic mass is 9.74. The molecule has 1 fully saturated rings. The smallest absolute Gasteiger partial charge is 0.398 e. The first-order valence-electron chi connectivity index (χ1n) is 16.9. The predicted octanol–water partition coefficient (Wildman–Crippen LogP) is 5.24. The van der Waals surface area contributed by atoms with E-state index < -0.39 is 34.9 Å². The van der Waals surface area contributed by atoms with Crippen LogP contribution in [0, 0.1) is 17.8 Å². The van der Waals surface area contributed by atoms with Crippen LogP contribution in [0.15, 0.2) is 96.1 Å². The highest BCUT2D eigenvalue weighted by atomic mass is 19.4. The Morgan fingerprint density at radius 2 is 1.74 bits per heavy atom. The van der Waals surface area contributed by atoms with E-state index in [1.54, 1.807) is 29.2 Å². The fraction of sp³-hybridized carbons (Fsp3) is 0.395. The molecule has 50 heavy (non-hydrogen) atoms. The van der Waals surface area contributed by atoms with Crippen LogP contribution >= 0.6 is 0 Å². The highest BCUT2D eigenvalue weighted by Gasteiger charge is 2.46.